The van der Waals surface area contributed by atoms with Gasteiger partial charge in [-0.3, -0.25) is 4.79 Å². The number of para-hydroxylation sites is 2. The Morgan fingerprint density at radius 1 is 0.941 bits per heavy atom. The first kappa shape index (κ1) is 24.7. The highest BCUT2D eigenvalue weighted by molar-refractivity contribution is 7.80. The second-order valence-electron chi connectivity index (χ2n) is 9.64. The van der Waals surface area contributed by atoms with Crippen LogP contribution >= 0.6 is 20.0 Å². The minimum atomic E-state index is -3.85. The predicted octanol–water partition coefficient (Wildman–Crippen LogP) is 4.75. The molecule has 0 spiro atoms. The van der Waals surface area contributed by atoms with Gasteiger partial charge in [0.15, 0.2) is 10.9 Å². The molecule has 182 valence electrons. The lowest BCUT2D eigenvalue weighted by atomic mass is 9.65. The third-order valence-corrected chi connectivity index (χ3v) is 8.59. The summed E-state index contributed by atoms with van der Waals surface area (Å²) >= 11 is 5.62. The first-order valence-corrected chi connectivity index (χ1v) is 13.5. The first-order valence-electron chi connectivity index (χ1n) is 11.6. The van der Waals surface area contributed by atoms with Gasteiger partial charge in [0, 0.05) is 32.7 Å². The van der Waals surface area contributed by atoms with Crippen molar-refractivity contribution in [2.45, 2.75) is 27.2 Å². The van der Waals surface area contributed by atoms with Gasteiger partial charge >= 0.3 is 7.75 Å². The minimum Gasteiger partial charge on any atom is -0.404 e. The van der Waals surface area contributed by atoms with Crippen molar-refractivity contribution in [3.63, 3.8) is 0 Å². The summed E-state index contributed by atoms with van der Waals surface area (Å²) in [6.45, 7) is 8.09. The van der Waals surface area contributed by atoms with Crippen LogP contribution in [-0.4, -0.2) is 53.2 Å². The van der Waals surface area contributed by atoms with E-state index >= 15 is 0 Å². The molecule has 4 rings (SSSR count). The van der Waals surface area contributed by atoms with Gasteiger partial charge in [-0.1, -0.05) is 43.3 Å². The van der Waals surface area contributed by atoms with Crippen molar-refractivity contribution in [3.05, 3.63) is 60.7 Å². The molecule has 0 radical (unpaired) electrons. The molecule has 0 saturated carbocycles. The minimum absolute atomic E-state index is 0.164. The third kappa shape index (κ3) is 4.99. The Balaban J connectivity index is 1.65. The maximum Gasteiger partial charge on any atom is 0.515 e. The molecule has 2 heterocycles. The fraction of sp³-hybridized carbons (Fsp3) is 0.440. The maximum absolute atomic E-state index is 14.4. The van der Waals surface area contributed by atoms with E-state index < -0.39 is 18.6 Å². The molecule has 2 aromatic carbocycles. The number of thiocarbonyl (C=S) groups is 1. The van der Waals surface area contributed by atoms with E-state index in [4.69, 9.17) is 21.3 Å². The number of fused-ring (bicyclic) bond motifs is 2. The number of carbonyl (C=O) groups is 1. The van der Waals surface area contributed by atoms with Crippen LogP contribution in [-0.2, 0) is 9.36 Å². The van der Waals surface area contributed by atoms with Crippen LogP contribution in [0.25, 0.3) is 0 Å². The molecular formula is C25H32N3O4PS. The van der Waals surface area contributed by atoms with Gasteiger partial charge in [-0.05, 0) is 56.8 Å². The molecule has 2 aromatic rings. The number of rotatable bonds is 7. The summed E-state index contributed by atoms with van der Waals surface area (Å²) in [6, 6.07) is 18.0. The number of Topliss-reactive ketones (excluding diaryl/α,β-unsaturated/α-hetero) is 1. The van der Waals surface area contributed by atoms with E-state index in [0.717, 1.165) is 13.0 Å². The summed E-state index contributed by atoms with van der Waals surface area (Å²) in [5.41, 5.74) is -1.56. The third-order valence-electron chi connectivity index (χ3n) is 6.33. The van der Waals surface area contributed by atoms with Gasteiger partial charge in [0.2, 0.25) is 0 Å². The number of ketones is 1. The first-order chi connectivity index (χ1) is 16.2. The predicted molar refractivity (Wildman–Crippen MR) is 137 cm³/mol. The normalized spacial score (nSPS) is 25.0. The Morgan fingerprint density at radius 2 is 1.41 bits per heavy atom. The van der Waals surface area contributed by atoms with Gasteiger partial charge < -0.3 is 19.3 Å². The molecule has 2 unspecified atom stereocenters. The molecule has 0 aromatic heterocycles. The van der Waals surface area contributed by atoms with Crippen molar-refractivity contribution in [3.8, 4) is 11.5 Å². The van der Waals surface area contributed by atoms with Gasteiger partial charge in [-0.25, -0.2) is 4.57 Å². The monoisotopic (exact) mass is 501 g/mol. The van der Waals surface area contributed by atoms with Crippen LogP contribution in [0.4, 0.5) is 0 Å². The maximum atomic E-state index is 14.4. The summed E-state index contributed by atoms with van der Waals surface area (Å²) < 4.78 is 28.3. The molecule has 7 nitrogen and oxygen atoms in total. The number of likely N-dealkylation sites (tertiary alicyclic amines) is 1. The molecule has 2 atom stereocenters. The van der Waals surface area contributed by atoms with Gasteiger partial charge in [-0.2, -0.15) is 4.67 Å². The molecule has 0 aliphatic carbocycles. The number of nitrogens with zero attached hydrogens (tertiary/aromatic N) is 2. The lowest BCUT2D eigenvalue weighted by Crippen LogP contribution is -2.69. The number of hydrogen-bond donors (Lipinski definition) is 1. The van der Waals surface area contributed by atoms with Crippen molar-refractivity contribution in [2.24, 2.45) is 10.8 Å². The van der Waals surface area contributed by atoms with E-state index in [2.05, 4.69) is 17.1 Å². The van der Waals surface area contributed by atoms with Gasteiger partial charge in [0.25, 0.3) is 0 Å². The fourth-order valence-electron chi connectivity index (χ4n) is 4.90. The van der Waals surface area contributed by atoms with Crippen LogP contribution in [0.5, 0.6) is 11.5 Å². The lowest BCUT2D eigenvalue weighted by Gasteiger charge is -2.55. The smallest absolute Gasteiger partial charge is 0.404 e. The van der Waals surface area contributed by atoms with Crippen molar-refractivity contribution < 1.29 is 18.4 Å². The van der Waals surface area contributed by atoms with Crippen LogP contribution in [0.1, 0.15) is 27.2 Å². The van der Waals surface area contributed by atoms with E-state index in [9.17, 15) is 9.36 Å². The Labute approximate surface area is 207 Å². The Morgan fingerprint density at radius 3 is 1.85 bits per heavy atom. The zero-order chi connectivity index (χ0) is 24.4. The van der Waals surface area contributed by atoms with Gasteiger partial charge in [-0.15, -0.1) is 0 Å². The molecule has 0 amide bonds. The van der Waals surface area contributed by atoms with E-state index in [-0.39, 0.29) is 18.9 Å². The molecule has 2 bridgehead atoms. The second kappa shape index (κ2) is 9.68. The van der Waals surface area contributed by atoms with E-state index in [0.29, 0.717) is 29.7 Å². The molecule has 2 fully saturated rings. The standard InChI is InChI=1S/C25H32N3O4PS/c1-4-15-26-23(34)27-16-24(2)18-28(19-25(3,17-27)22(24)29)33(30,31-20-11-7-5-8-12-20)32-21-13-9-6-10-14-21/h5-14H,4,15-19H2,1-3H3,(H,26,34). The van der Waals surface area contributed by atoms with Crippen molar-refractivity contribution in [1.29, 1.82) is 0 Å². The number of carbonyl (C=O) groups excluding carboxylic acids is 1. The number of benzene rings is 2. The van der Waals surface area contributed by atoms with Gasteiger partial charge in [0.1, 0.15) is 11.5 Å². The summed E-state index contributed by atoms with van der Waals surface area (Å²) in [7, 11) is -3.85. The van der Waals surface area contributed by atoms with E-state index in [1.807, 2.05) is 50.2 Å². The van der Waals surface area contributed by atoms with Crippen molar-refractivity contribution >= 4 is 30.9 Å². The summed E-state index contributed by atoms with van der Waals surface area (Å²) in [4.78, 5) is 15.6. The average molecular weight is 502 g/mol. The molecule has 1 N–H and O–H groups in total. The molecular weight excluding hydrogens is 469 g/mol. The fourth-order valence-corrected chi connectivity index (χ4v) is 7.15. The topological polar surface area (TPSA) is 71.1 Å². The summed E-state index contributed by atoms with van der Waals surface area (Å²) in [5.74, 6) is 1.06. The molecule has 2 aliphatic heterocycles. The zero-order valence-corrected chi connectivity index (χ0v) is 21.6. The van der Waals surface area contributed by atoms with Crippen LogP contribution in [0.3, 0.4) is 0 Å². The number of hydrogen-bond acceptors (Lipinski definition) is 5. The lowest BCUT2D eigenvalue weighted by molar-refractivity contribution is -0.151. The SMILES string of the molecule is CCCNC(=S)N1CC2(C)CN(P(=O)(Oc3ccccc3)Oc3ccccc3)CC(C)(C1)C2=O. The Hall–Kier alpha value is -2.41. The van der Waals surface area contributed by atoms with Crippen molar-refractivity contribution in [2.75, 3.05) is 32.7 Å². The highest BCUT2D eigenvalue weighted by Gasteiger charge is 2.60. The summed E-state index contributed by atoms with van der Waals surface area (Å²) in [6.07, 6.45) is 0.964. The van der Waals surface area contributed by atoms with Crippen molar-refractivity contribution in [1.82, 2.24) is 14.9 Å². The summed E-state index contributed by atoms with van der Waals surface area (Å²) in [5, 5.41) is 3.93. The Kier molecular flexibility index (Phi) is 7.04. The Bertz CT molecular complexity index is 1020. The van der Waals surface area contributed by atoms with Gasteiger partial charge in [0.05, 0.1) is 10.8 Å². The van der Waals surface area contributed by atoms with Crippen LogP contribution in [0.2, 0.25) is 0 Å². The van der Waals surface area contributed by atoms with Crippen LogP contribution < -0.4 is 14.4 Å². The largest absolute Gasteiger partial charge is 0.515 e. The molecule has 9 heteroatoms. The second-order valence-corrected chi connectivity index (χ2v) is 11.9. The highest BCUT2D eigenvalue weighted by Crippen LogP contribution is 2.57. The number of piperidine rings is 2. The molecule has 2 saturated heterocycles. The zero-order valence-electron chi connectivity index (χ0n) is 19.9. The van der Waals surface area contributed by atoms with E-state index in [1.54, 1.807) is 28.9 Å². The quantitative estimate of drug-likeness (QED) is 0.431. The molecule has 34 heavy (non-hydrogen) atoms. The average Bonchev–Trinajstić information content (AvgIpc) is 2.80. The van der Waals surface area contributed by atoms with Crippen LogP contribution in [0.15, 0.2) is 60.7 Å². The number of nitrogens with one attached hydrogen (secondary N) is 1. The van der Waals surface area contributed by atoms with E-state index in [1.165, 1.54) is 0 Å². The van der Waals surface area contributed by atoms with Crippen LogP contribution in [0, 0.1) is 10.8 Å². The highest BCUT2D eigenvalue weighted by atomic mass is 32.1. The molecule has 2 aliphatic rings.